The van der Waals surface area contributed by atoms with Crippen molar-refractivity contribution >= 4 is 50.8 Å². The van der Waals surface area contributed by atoms with Crippen LogP contribution in [-0.4, -0.2) is 16.1 Å². The Kier molecular flexibility index (Phi) is 3.00. The SMILES string of the molecule is O=C1C=C(n2cc(I)c3ccccc32)C(=O)c2ccccc21. The highest BCUT2D eigenvalue weighted by Gasteiger charge is 2.27. The predicted octanol–water partition coefficient (Wildman–Crippen LogP) is 4.17. The minimum absolute atomic E-state index is 0.118. The first-order valence-electron chi connectivity index (χ1n) is 6.82. The van der Waals surface area contributed by atoms with E-state index in [-0.39, 0.29) is 11.6 Å². The summed E-state index contributed by atoms with van der Waals surface area (Å²) in [5.74, 6) is -0.245. The van der Waals surface area contributed by atoms with Crippen LogP contribution < -0.4 is 0 Å². The van der Waals surface area contributed by atoms with Crippen molar-refractivity contribution in [2.24, 2.45) is 0 Å². The van der Waals surface area contributed by atoms with Gasteiger partial charge in [0.2, 0.25) is 5.78 Å². The summed E-state index contributed by atoms with van der Waals surface area (Å²) in [4.78, 5) is 25.1. The molecule has 0 fully saturated rings. The molecule has 0 amide bonds. The first-order valence-corrected chi connectivity index (χ1v) is 7.90. The molecule has 1 aromatic heterocycles. The van der Waals surface area contributed by atoms with Gasteiger partial charge in [-0.3, -0.25) is 9.59 Å². The Morgan fingerprint density at radius 3 is 2.36 bits per heavy atom. The van der Waals surface area contributed by atoms with Gasteiger partial charge in [0.25, 0.3) is 0 Å². The van der Waals surface area contributed by atoms with Gasteiger partial charge in [-0.2, -0.15) is 0 Å². The third kappa shape index (κ3) is 1.87. The monoisotopic (exact) mass is 399 g/mol. The minimum Gasteiger partial charge on any atom is -0.312 e. The van der Waals surface area contributed by atoms with Crippen molar-refractivity contribution in [3.05, 3.63) is 75.5 Å². The molecule has 2 aromatic carbocycles. The normalized spacial score (nSPS) is 14.1. The number of ketones is 2. The molecule has 4 heteroatoms. The molecule has 3 aromatic rings. The van der Waals surface area contributed by atoms with E-state index in [0.717, 1.165) is 14.5 Å². The van der Waals surface area contributed by atoms with Crippen LogP contribution in [0, 0.1) is 3.57 Å². The Bertz CT molecular complexity index is 982. The Hall–Kier alpha value is -2.21. The number of rotatable bonds is 1. The summed E-state index contributed by atoms with van der Waals surface area (Å²) in [5, 5.41) is 1.07. The molecule has 1 heterocycles. The number of hydrogen-bond donors (Lipinski definition) is 0. The van der Waals surface area contributed by atoms with E-state index in [4.69, 9.17) is 0 Å². The molecule has 3 nitrogen and oxygen atoms in total. The van der Waals surface area contributed by atoms with Crippen molar-refractivity contribution in [2.75, 3.05) is 0 Å². The van der Waals surface area contributed by atoms with Gasteiger partial charge in [-0.1, -0.05) is 42.5 Å². The summed E-state index contributed by atoms with van der Waals surface area (Å²) in [5.41, 5.74) is 2.28. The predicted molar refractivity (Wildman–Crippen MR) is 94.0 cm³/mol. The van der Waals surface area contributed by atoms with Crippen LogP contribution in [0.5, 0.6) is 0 Å². The second kappa shape index (κ2) is 4.91. The number of allylic oxidation sites excluding steroid dienone is 2. The molecule has 1 aliphatic carbocycles. The van der Waals surface area contributed by atoms with Crippen LogP contribution in [0.2, 0.25) is 0 Å². The van der Waals surface area contributed by atoms with E-state index in [1.54, 1.807) is 24.3 Å². The average molecular weight is 399 g/mol. The van der Waals surface area contributed by atoms with Crippen LogP contribution in [0.25, 0.3) is 16.6 Å². The second-order valence-corrected chi connectivity index (χ2v) is 6.29. The fraction of sp³-hybridized carbons (Fsp3) is 0. The summed E-state index contributed by atoms with van der Waals surface area (Å²) < 4.78 is 2.86. The molecule has 0 N–H and O–H groups in total. The number of nitrogens with zero attached hydrogens (tertiary/aromatic N) is 1. The van der Waals surface area contributed by atoms with Gasteiger partial charge in [-0.15, -0.1) is 0 Å². The van der Waals surface area contributed by atoms with Crippen LogP contribution in [0.15, 0.2) is 60.8 Å². The van der Waals surface area contributed by atoms with E-state index in [1.165, 1.54) is 6.08 Å². The van der Waals surface area contributed by atoms with Crippen molar-refractivity contribution < 1.29 is 9.59 Å². The molecule has 0 spiro atoms. The smallest absolute Gasteiger partial charge is 0.210 e. The maximum Gasteiger partial charge on any atom is 0.210 e. The molecular weight excluding hydrogens is 389 g/mol. The topological polar surface area (TPSA) is 39.1 Å². The van der Waals surface area contributed by atoms with Gasteiger partial charge in [0.1, 0.15) is 0 Å². The molecule has 0 saturated carbocycles. The molecule has 0 aliphatic heterocycles. The third-order valence-corrected chi connectivity index (χ3v) is 4.72. The van der Waals surface area contributed by atoms with E-state index in [2.05, 4.69) is 22.6 Å². The fourth-order valence-electron chi connectivity index (χ4n) is 2.82. The van der Waals surface area contributed by atoms with Crippen LogP contribution in [0.1, 0.15) is 20.7 Å². The van der Waals surface area contributed by atoms with Gasteiger partial charge >= 0.3 is 0 Å². The van der Waals surface area contributed by atoms with Crippen LogP contribution in [0.3, 0.4) is 0 Å². The molecule has 4 rings (SSSR count). The van der Waals surface area contributed by atoms with E-state index < -0.39 is 0 Å². The summed E-state index contributed by atoms with van der Waals surface area (Å²) in [6.45, 7) is 0. The van der Waals surface area contributed by atoms with Crippen LogP contribution >= 0.6 is 22.6 Å². The van der Waals surface area contributed by atoms with E-state index in [9.17, 15) is 9.59 Å². The second-order valence-electron chi connectivity index (χ2n) is 5.13. The van der Waals surface area contributed by atoms with Crippen molar-refractivity contribution in [3.63, 3.8) is 0 Å². The lowest BCUT2D eigenvalue weighted by molar-refractivity contribution is 0.0998. The molecule has 1 aliphatic rings. The quantitative estimate of drug-likeness (QED) is 0.577. The number of fused-ring (bicyclic) bond motifs is 2. The summed E-state index contributed by atoms with van der Waals surface area (Å²) in [7, 11) is 0. The molecular formula is C18H10INO2. The Morgan fingerprint density at radius 1 is 0.864 bits per heavy atom. The lowest BCUT2D eigenvalue weighted by atomic mass is 9.92. The fourth-order valence-corrected chi connectivity index (χ4v) is 3.55. The number of aromatic nitrogens is 1. The maximum absolute atomic E-state index is 12.8. The first kappa shape index (κ1) is 13.5. The van der Waals surface area contributed by atoms with Crippen LogP contribution in [0.4, 0.5) is 0 Å². The van der Waals surface area contributed by atoms with Gasteiger partial charge in [0.15, 0.2) is 5.78 Å². The Labute approximate surface area is 140 Å². The van der Waals surface area contributed by atoms with E-state index in [1.807, 2.05) is 35.0 Å². The molecule has 106 valence electrons. The Balaban J connectivity index is 1.97. The largest absolute Gasteiger partial charge is 0.312 e. The van der Waals surface area contributed by atoms with Crippen LogP contribution in [-0.2, 0) is 0 Å². The highest BCUT2D eigenvalue weighted by Crippen LogP contribution is 2.30. The zero-order chi connectivity index (χ0) is 15.3. The number of hydrogen-bond acceptors (Lipinski definition) is 2. The number of halogens is 1. The molecule has 0 atom stereocenters. The number of benzene rings is 2. The standard InChI is InChI=1S/C18H10INO2/c19-14-10-20(15-8-4-3-7-13(14)15)16-9-17(21)11-5-1-2-6-12(11)18(16)22/h1-10H. The van der Waals surface area contributed by atoms with E-state index in [0.29, 0.717) is 16.8 Å². The highest BCUT2D eigenvalue weighted by atomic mass is 127. The molecule has 0 saturated heterocycles. The number of para-hydroxylation sites is 1. The summed E-state index contributed by atoms with van der Waals surface area (Å²) in [6, 6.07) is 14.8. The van der Waals surface area contributed by atoms with Gasteiger partial charge in [-0.05, 0) is 28.7 Å². The highest BCUT2D eigenvalue weighted by molar-refractivity contribution is 14.1. The molecule has 0 unspecified atom stereocenters. The molecule has 0 radical (unpaired) electrons. The molecule has 22 heavy (non-hydrogen) atoms. The Morgan fingerprint density at radius 2 is 1.55 bits per heavy atom. The number of carbonyl (C=O) groups excluding carboxylic acids is 2. The maximum atomic E-state index is 12.8. The summed E-state index contributed by atoms with van der Waals surface area (Å²) in [6.07, 6.45) is 3.34. The first-order chi connectivity index (χ1) is 10.7. The van der Waals surface area contributed by atoms with Gasteiger partial charge in [0.05, 0.1) is 11.2 Å². The zero-order valence-corrected chi connectivity index (χ0v) is 13.6. The molecule has 0 bridgehead atoms. The lowest BCUT2D eigenvalue weighted by Gasteiger charge is -2.16. The van der Waals surface area contributed by atoms with Crippen molar-refractivity contribution in [2.45, 2.75) is 0 Å². The van der Waals surface area contributed by atoms with Crippen molar-refractivity contribution in [1.29, 1.82) is 0 Å². The number of carbonyl (C=O) groups is 2. The minimum atomic E-state index is -0.127. The van der Waals surface area contributed by atoms with Gasteiger partial charge in [-0.25, -0.2) is 0 Å². The third-order valence-electron chi connectivity index (χ3n) is 3.86. The van der Waals surface area contributed by atoms with E-state index >= 15 is 0 Å². The van der Waals surface area contributed by atoms with Crippen molar-refractivity contribution in [1.82, 2.24) is 4.57 Å². The number of Topliss-reactive ketones (excluding diaryl/α,β-unsaturated/α-hetero) is 1. The average Bonchev–Trinajstić information content (AvgIpc) is 2.88. The zero-order valence-electron chi connectivity index (χ0n) is 11.4. The van der Waals surface area contributed by atoms with Gasteiger partial charge in [0, 0.05) is 32.4 Å². The summed E-state index contributed by atoms with van der Waals surface area (Å²) >= 11 is 2.24. The van der Waals surface area contributed by atoms with Gasteiger partial charge < -0.3 is 4.57 Å². The van der Waals surface area contributed by atoms with Crippen molar-refractivity contribution in [3.8, 4) is 0 Å². The lowest BCUT2D eigenvalue weighted by Crippen LogP contribution is -2.19.